The lowest BCUT2D eigenvalue weighted by molar-refractivity contribution is -0.137. The van der Waals surface area contributed by atoms with Crippen LogP contribution in [0.5, 0.6) is 0 Å². The van der Waals surface area contributed by atoms with Gasteiger partial charge in [0.05, 0.1) is 6.61 Å². The molecule has 0 aromatic heterocycles. The van der Waals surface area contributed by atoms with Gasteiger partial charge in [-0.3, -0.25) is 0 Å². The molecule has 1 saturated carbocycles. The minimum Gasteiger partial charge on any atom is -0.463 e. The molecular formula is C17H27NO4. The number of hydrogen-bond donors (Lipinski definition) is 0. The van der Waals surface area contributed by atoms with Gasteiger partial charge in [0.2, 0.25) is 0 Å². The van der Waals surface area contributed by atoms with Crippen molar-refractivity contribution in [1.82, 2.24) is 4.90 Å². The van der Waals surface area contributed by atoms with Crippen molar-refractivity contribution in [2.75, 3.05) is 19.7 Å². The molecule has 0 aromatic carbocycles. The number of ether oxygens (including phenoxy) is 2. The van der Waals surface area contributed by atoms with Crippen molar-refractivity contribution < 1.29 is 19.1 Å². The molecule has 22 heavy (non-hydrogen) atoms. The highest BCUT2D eigenvalue weighted by Gasteiger charge is 2.39. The van der Waals surface area contributed by atoms with E-state index in [0.717, 1.165) is 37.9 Å². The number of amides is 1. The van der Waals surface area contributed by atoms with Crippen molar-refractivity contribution in [2.24, 2.45) is 11.8 Å². The van der Waals surface area contributed by atoms with Gasteiger partial charge < -0.3 is 14.4 Å². The predicted octanol–water partition coefficient (Wildman–Crippen LogP) is 3.14. The molecule has 2 unspecified atom stereocenters. The number of nitrogens with zero attached hydrogens (tertiary/aromatic N) is 1. The van der Waals surface area contributed by atoms with Crippen LogP contribution in [0.15, 0.2) is 11.6 Å². The van der Waals surface area contributed by atoms with Gasteiger partial charge in [0.1, 0.15) is 5.60 Å². The molecule has 2 fully saturated rings. The van der Waals surface area contributed by atoms with Gasteiger partial charge in [0.15, 0.2) is 0 Å². The first kappa shape index (κ1) is 16.8. The molecule has 1 heterocycles. The summed E-state index contributed by atoms with van der Waals surface area (Å²) in [5.74, 6) is 0.701. The Morgan fingerprint density at radius 1 is 1.27 bits per heavy atom. The van der Waals surface area contributed by atoms with Crippen molar-refractivity contribution in [3.05, 3.63) is 11.6 Å². The molecule has 2 atom stereocenters. The van der Waals surface area contributed by atoms with Crippen molar-refractivity contribution in [3.63, 3.8) is 0 Å². The molecule has 0 aromatic rings. The quantitative estimate of drug-likeness (QED) is 0.581. The van der Waals surface area contributed by atoms with Crippen LogP contribution < -0.4 is 0 Å². The third-order valence-electron chi connectivity index (χ3n) is 4.20. The molecule has 2 aliphatic rings. The number of carbonyl (C=O) groups excluding carboxylic acids is 2. The number of carbonyl (C=O) groups is 2. The van der Waals surface area contributed by atoms with E-state index in [1.54, 1.807) is 6.08 Å². The molecule has 0 radical (unpaired) electrons. The molecule has 1 amide bonds. The van der Waals surface area contributed by atoms with E-state index in [2.05, 4.69) is 0 Å². The number of fused-ring (bicyclic) bond motifs is 1. The van der Waals surface area contributed by atoms with Gasteiger partial charge in [0.25, 0.3) is 0 Å². The average molecular weight is 309 g/mol. The summed E-state index contributed by atoms with van der Waals surface area (Å²) in [4.78, 5) is 25.5. The number of hydrogen-bond acceptors (Lipinski definition) is 4. The van der Waals surface area contributed by atoms with Gasteiger partial charge in [-0.05, 0) is 58.8 Å². The lowest BCUT2D eigenvalue weighted by Crippen LogP contribution is -2.35. The minimum absolute atomic E-state index is 0.224. The van der Waals surface area contributed by atoms with Crippen LogP contribution in [-0.4, -0.2) is 42.3 Å². The van der Waals surface area contributed by atoms with Crippen molar-refractivity contribution >= 4 is 12.1 Å². The molecule has 2 rings (SSSR count). The molecule has 1 aliphatic heterocycles. The molecule has 1 aliphatic carbocycles. The summed E-state index contributed by atoms with van der Waals surface area (Å²) in [5.41, 5.74) is 0.686. The van der Waals surface area contributed by atoms with Crippen LogP contribution in [0.4, 0.5) is 4.79 Å². The highest BCUT2D eigenvalue weighted by Crippen LogP contribution is 2.39. The molecular weight excluding hydrogens is 282 g/mol. The van der Waals surface area contributed by atoms with Gasteiger partial charge in [-0.1, -0.05) is 5.57 Å². The molecule has 5 heteroatoms. The van der Waals surface area contributed by atoms with Crippen LogP contribution in [-0.2, 0) is 14.3 Å². The van der Waals surface area contributed by atoms with Crippen LogP contribution in [0, 0.1) is 11.8 Å². The largest absolute Gasteiger partial charge is 0.463 e. The number of likely N-dealkylation sites (tertiary alicyclic amines) is 1. The molecule has 0 N–H and O–H groups in total. The Balaban J connectivity index is 1.92. The van der Waals surface area contributed by atoms with Crippen LogP contribution >= 0.6 is 0 Å². The number of esters is 1. The summed E-state index contributed by atoms with van der Waals surface area (Å²) >= 11 is 0. The lowest BCUT2D eigenvalue weighted by atomic mass is 9.79. The summed E-state index contributed by atoms with van der Waals surface area (Å²) in [7, 11) is 0. The summed E-state index contributed by atoms with van der Waals surface area (Å²) in [6.45, 7) is 9.35. The first-order valence-electron chi connectivity index (χ1n) is 8.12. The van der Waals surface area contributed by atoms with Gasteiger partial charge in [0, 0.05) is 19.2 Å². The summed E-state index contributed by atoms with van der Waals surface area (Å²) < 4.78 is 10.4. The molecule has 124 valence electrons. The first-order valence-corrected chi connectivity index (χ1v) is 8.12. The summed E-state index contributed by atoms with van der Waals surface area (Å²) in [5, 5.41) is 0. The lowest BCUT2D eigenvalue weighted by Gasteiger charge is -2.25. The van der Waals surface area contributed by atoms with E-state index in [1.807, 2.05) is 32.6 Å². The van der Waals surface area contributed by atoms with Gasteiger partial charge >= 0.3 is 12.1 Å². The fraction of sp³-hybridized carbons (Fsp3) is 0.765. The maximum absolute atomic E-state index is 12.2. The van der Waals surface area contributed by atoms with E-state index in [0.29, 0.717) is 18.4 Å². The van der Waals surface area contributed by atoms with Crippen LogP contribution in [0.3, 0.4) is 0 Å². The van der Waals surface area contributed by atoms with Crippen molar-refractivity contribution in [2.45, 2.75) is 52.6 Å². The Labute approximate surface area is 132 Å². The second-order valence-electron chi connectivity index (χ2n) is 7.20. The second kappa shape index (κ2) is 6.71. The van der Waals surface area contributed by atoms with Crippen LogP contribution in [0.2, 0.25) is 0 Å². The van der Waals surface area contributed by atoms with E-state index in [4.69, 9.17) is 9.47 Å². The Hall–Kier alpha value is -1.52. The van der Waals surface area contributed by atoms with E-state index < -0.39 is 5.60 Å². The zero-order valence-corrected chi connectivity index (χ0v) is 14.1. The first-order chi connectivity index (χ1) is 10.3. The fourth-order valence-corrected chi connectivity index (χ4v) is 3.26. The van der Waals surface area contributed by atoms with Gasteiger partial charge in [-0.15, -0.1) is 0 Å². The Morgan fingerprint density at radius 3 is 2.59 bits per heavy atom. The van der Waals surface area contributed by atoms with Crippen LogP contribution in [0.25, 0.3) is 0 Å². The fourth-order valence-electron chi connectivity index (χ4n) is 3.26. The summed E-state index contributed by atoms with van der Waals surface area (Å²) in [6, 6.07) is 0. The highest BCUT2D eigenvalue weighted by molar-refractivity contribution is 5.82. The van der Waals surface area contributed by atoms with Crippen LogP contribution in [0.1, 0.15) is 47.0 Å². The van der Waals surface area contributed by atoms with E-state index in [1.165, 1.54) is 0 Å². The number of allylic oxidation sites excluding steroid dienone is 1. The predicted molar refractivity (Wildman–Crippen MR) is 83.4 cm³/mol. The molecule has 0 bridgehead atoms. The third kappa shape index (κ3) is 4.49. The van der Waals surface area contributed by atoms with E-state index >= 15 is 0 Å². The molecule has 1 saturated heterocycles. The average Bonchev–Trinajstić information content (AvgIpc) is 2.80. The standard InChI is InChI=1S/C17H27NO4/c1-5-21-15(19)9-12-6-7-13-10-18(11-14(13)8-12)16(20)22-17(2,3)4/h9,13-14H,5-8,10-11H2,1-4H3/b12-9+. The van der Waals surface area contributed by atoms with Gasteiger partial charge in [-0.25, -0.2) is 9.59 Å². The monoisotopic (exact) mass is 309 g/mol. The van der Waals surface area contributed by atoms with Gasteiger partial charge in [-0.2, -0.15) is 0 Å². The Morgan fingerprint density at radius 2 is 1.95 bits per heavy atom. The smallest absolute Gasteiger partial charge is 0.410 e. The molecule has 5 nitrogen and oxygen atoms in total. The second-order valence-corrected chi connectivity index (χ2v) is 7.20. The Bertz CT molecular complexity index is 464. The zero-order chi connectivity index (χ0) is 16.3. The van der Waals surface area contributed by atoms with Crippen molar-refractivity contribution in [1.29, 1.82) is 0 Å². The number of rotatable bonds is 2. The highest BCUT2D eigenvalue weighted by atomic mass is 16.6. The minimum atomic E-state index is -0.459. The van der Waals surface area contributed by atoms with E-state index in [-0.39, 0.29) is 12.1 Å². The maximum Gasteiger partial charge on any atom is 0.410 e. The summed E-state index contributed by atoms with van der Waals surface area (Å²) in [6.07, 6.45) is 4.23. The SMILES string of the molecule is CCOC(=O)/C=C1\CCC2CN(C(=O)OC(C)(C)C)CC2C1. The molecule has 0 spiro atoms. The third-order valence-corrected chi connectivity index (χ3v) is 4.20. The van der Waals surface area contributed by atoms with E-state index in [9.17, 15) is 9.59 Å². The maximum atomic E-state index is 12.2. The van der Waals surface area contributed by atoms with Crippen molar-refractivity contribution in [3.8, 4) is 0 Å². The normalized spacial score (nSPS) is 26.7. The Kier molecular flexibility index (Phi) is 5.14. The topological polar surface area (TPSA) is 55.8 Å². The zero-order valence-electron chi connectivity index (χ0n) is 14.1.